The summed E-state index contributed by atoms with van der Waals surface area (Å²) < 4.78 is 0. The van der Waals surface area contributed by atoms with E-state index < -0.39 is 5.54 Å². The number of rotatable bonds is 3. The van der Waals surface area contributed by atoms with Crippen molar-refractivity contribution >= 4 is 5.91 Å². The van der Waals surface area contributed by atoms with Crippen LogP contribution in [0.5, 0.6) is 0 Å². The van der Waals surface area contributed by atoms with Gasteiger partial charge in [0.15, 0.2) is 0 Å². The molecule has 0 aromatic heterocycles. The number of likely N-dealkylation sites (N-methyl/N-ethyl adjacent to an activating group) is 1. The van der Waals surface area contributed by atoms with Crippen LogP contribution in [0.1, 0.15) is 27.2 Å². The van der Waals surface area contributed by atoms with Gasteiger partial charge in [0, 0.05) is 13.6 Å². The summed E-state index contributed by atoms with van der Waals surface area (Å²) in [6.07, 6.45) is 0.873. The number of carbonyl (C=O) groups is 1. The third kappa shape index (κ3) is 2.32. The molecule has 1 atom stereocenters. The van der Waals surface area contributed by atoms with Crippen molar-refractivity contribution in [2.45, 2.75) is 32.7 Å². The van der Waals surface area contributed by atoms with E-state index in [1.165, 1.54) is 0 Å². The van der Waals surface area contributed by atoms with Gasteiger partial charge in [0.05, 0.1) is 17.6 Å². The smallest absolute Gasteiger partial charge is 0.230 e. The van der Waals surface area contributed by atoms with Gasteiger partial charge in [-0.25, -0.2) is 0 Å². The predicted octanol–water partition coefficient (Wildman–Crippen LogP) is 0.215. The van der Waals surface area contributed by atoms with Crippen molar-refractivity contribution in [3.63, 3.8) is 0 Å². The van der Waals surface area contributed by atoms with E-state index in [-0.39, 0.29) is 17.9 Å². The fourth-order valence-corrected chi connectivity index (χ4v) is 1.79. The maximum Gasteiger partial charge on any atom is 0.230 e. The predicted molar refractivity (Wildman–Crippen MR) is 59.5 cm³/mol. The first kappa shape index (κ1) is 12.5. The van der Waals surface area contributed by atoms with Crippen LogP contribution in [-0.4, -0.2) is 48.2 Å². The summed E-state index contributed by atoms with van der Waals surface area (Å²) in [5.74, 6) is 0.117. The van der Waals surface area contributed by atoms with Gasteiger partial charge in [-0.2, -0.15) is 0 Å². The van der Waals surface area contributed by atoms with Crippen LogP contribution in [-0.2, 0) is 4.79 Å². The molecule has 88 valence electrons. The molecule has 2 N–H and O–H groups in total. The molecule has 1 heterocycles. The summed E-state index contributed by atoms with van der Waals surface area (Å²) in [6.45, 7) is 7.35. The first-order chi connectivity index (χ1) is 6.83. The van der Waals surface area contributed by atoms with Crippen LogP contribution in [0.2, 0.25) is 0 Å². The molecular weight excluding hydrogens is 192 g/mol. The van der Waals surface area contributed by atoms with E-state index in [1.807, 2.05) is 20.8 Å². The second-order valence-electron chi connectivity index (χ2n) is 5.32. The maximum atomic E-state index is 12.2. The van der Waals surface area contributed by atoms with Gasteiger partial charge >= 0.3 is 0 Å². The highest BCUT2D eigenvalue weighted by Gasteiger charge is 2.41. The summed E-state index contributed by atoms with van der Waals surface area (Å²) in [6, 6.07) is 0. The van der Waals surface area contributed by atoms with Gasteiger partial charge in [-0.1, -0.05) is 0 Å². The molecule has 1 saturated heterocycles. The van der Waals surface area contributed by atoms with Gasteiger partial charge in [-0.05, 0) is 33.7 Å². The minimum Gasteiger partial charge on any atom is -0.394 e. The summed E-state index contributed by atoms with van der Waals surface area (Å²) in [5, 5.41) is 12.4. The lowest BCUT2D eigenvalue weighted by Crippen LogP contribution is -2.53. The lowest BCUT2D eigenvalue weighted by atomic mass is 9.86. The molecule has 1 aliphatic rings. The highest BCUT2D eigenvalue weighted by atomic mass is 16.3. The molecule has 4 nitrogen and oxygen atoms in total. The Kier molecular flexibility index (Phi) is 3.41. The average molecular weight is 214 g/mol. The lowest BCUT2D eigenvalue weighted by Gasteiger charge is -2.38. The minimum absolute atomic E-state index is 0.0151. The van der Waals surface area contributed by atoms with E-state index in [0.717, 1.165) is 19.5 Å². The van der Waals surface area contributed by atoms with Crippen molar-refractivity contribution < 1.29 is 9.90 Å². The van der Waals surface area contributed by atoms with Crippen molar-refractivity contribution in [2.24, 2.45) is 5.41 Å². The molecule has 1 amide bonds. The zero-order chi connectivity index (χ0) is 11.7. The molecule has 0 radical (unpaired) electrons. The number of aliphatic hydroxyl groups excluding tert-OH is 1. The van der Waals surface area contributed by atoms with Crippen molar-refractivity contribution in [1.82, 2.24) is 10.2 Å². The first-order valence-corrected chi connectivity index (χ1v) is 5.43. The van der Waals surface area contributed by atoms with Gasteiger partial charge in [-0.3, -0.25) is 4.79 Å². The average Bonchev–Trinajstić information content (AvgIpc) is 2.64. The van der Waals surface area contributed by atoms with E-state index >= 15 is 0 Å². The monoisotopic (exact) mass is 214 g/mol. The van der Waals surface area contributed by atoms with Gasteiger partial charge in [-0.15, -0.1) is 0 Å². The summed E-state index contributed by atoms with van der Waals surface area (Å²) in [7, 11) is 1.77. The van der Waals surface area contributed by atoms with Crippen LogP contribution in [0.15, 0.2) is 0 Å². The van der Waals surface area contributed by atoms with Crippen LogP contribution >= 0.6 is 0 Å². The van der Waals surface area contributed by atoms with Crippen molar-refractivity contribution in [2.75, 3.05) is 26.7 Å². The van der Waals surface area contributed by atoms with Crippen LogP contribution in [0.25, 0.3) is 0 Å². The zero-order valence-electron chi connectivity index (χ0n) is 10.1. The molecule has 0 bridgehead atoms. The van der Waals surface area contributed by atoms with E-state index in [2.05, 4.69) is 5.32 Å². The summed E-state index contributed by atoms with van der Waals surface area (Å²) in [4.78, 5) is 13.9. The fraction of sp³-hybridized carbons (Fsp3) is 0.909. The highest BCUT2D eigenvalue weighted by Crippen LogP contribution is 2.29. The fourth-order valence-electron chi connectivity index (χ4n) is 1.79. The SMILES string of the molecule is CN(C(=O)C1(C)CCNC1)C(C)(C)CO. The first-order valence-electron chi connectivity index (χ1n) is 5.43. The minimum atomic E-state index is -0.483. The number of hydrogen-bond acceptors (Lipinski definition) is 3. The number of amides is 1. The number of hydrogen-bond donors (Lipinski definition) is 2. The molecule has 1 fully saturated rings. The Bertz CT molecular complexity index is 245. The van der Waals surface area contributed by atoms with Crippen LogP contribution in [0, 0.1) is 5.41 Å². The van der Waals surface area contributed by atoms with Crippen molar-refractivity contribution in [3.8, 4) is 0 Å². The second kappa shape index (κ2) is 4.10. The molecule has 15 heavy (non-hydrogen) atoms. The van der Waals surface area contributed by atoms with Crippen LogP contribution in [0.4, 0.5) is 0 Å². The van der Waals surface area contributed by atoms with Gasteiger partial charge in [0.1, 0.15) is 0 Å². The van der Waals surface area contributed by atoms with E-state index in [9.17, 15) is 9.90 Å². The third-order valence-corrected chi connectivity index (χ3v) is 3.48. The summed E-state index contributed by atoms with van der Waals surface area (Å²) >= 11 is 0. The molecule has 0 aromatic rings. The number of carbonyl (C=O) groups excluding carboxylic acids is 1. The quantitative estimate of drug-likeness (QED) is 0.706. The Hall–Kier alpha value is -0.610. The largest absolute Gasteiger partial charge is 0.394 e. The van der Waals surface area contributed by atoms with Gasteiger partial charge in [0.2, 0.25) is 5.91 Å². The Labute approximate surface area is 91.6 Å². The molecule has 0 saturated carbocycles. The van der Waals surface area contributed by atoms with Crippen molar-refractivity contribution in [1.29, 1.82) is 0 Å². The Morgan fingerprint density at radius 1 is 1.60 bits per heavy atom. The standard InChI is InChI=1S/C11H22N2O2/c1-10(2,8-14)13(4)9(15)11(3)5-6-12-7-11/h12,14H,5-8H2,1-4H3. The second-order valence-corrected chi connectivity index (χ2v) is 5.32. The van der Waals surface area contributed by atoms with Crippen molar-refractivity contribution in [3.05, 3.63) is 0 Å². The molecule has 1 rings (SSSR count). The Morgan fingerprint density at radius 3 is 2.60 bits per heavy atom. The maximum absolute atomic E-state index is 12.2. The highest BCUT2D eigenvalue weighted by molar-refractivity contribution is 5.83. The van der Waals surface area contributed by atoms with Gasteiger partial charge in [0.25, 0.3) is 0 Å². The summed E-state index contributed by atoms with van der Waals surface area (Å²) in [5.41, 5.74) is -0.788. The normalized spacial score (nSPS) is 26.7. The molecular formula is C11H22N2O2. The van der Waals surface area contributed by atoms with E-state index in [1.54, 1.807) is 11.9 Å². The molecule has 0 aromatic carbocycles. The zero-order valence-corrected chi connectivity index (χ0v) is 10.1. The van der Waals surface area contributed by atoms with Crippen LogP contribution in [0.3, 0.4) is 0 Å². The molecule has 0 aliphatic carbocycles. The topological polar surface area (TPSA) is 52.6 Å². The molecule has 0 spiro atoms. The molecule has 4 heteroatoms. The lowest BCUT2D eigenvalue weighted by molar-refractivity contribution is -0.145. The van der Waals surface area contributed by atoms with E-state index in [4.69, 9.17) is 0 Å². The number of nitrogens with one attached hydrogen (secondary N) is 1. The van der Waals surface area contributed by atoms with Gasteiger partial charge < -0.3 is 15.3 Å². The Morgan fingerprint density at radius 2 is 2.20 bits per heavy atom. The number of aliphatic hydroxyl groups is 1. The molecule has 1 unspecified atom stereocenters. The number of nitrogens with zero attached hydrogens (tertiary/aromatic N) is 1. The van der Waals surface area contributed by atoms with E-state index in [0.29, 0.717) is 0 Å². The Balaban J connectivity index is 2.76. The third-order valence-electron chi connectivity index (χ3n) is 3.48. The molecule has 1 aliphatic heterocycles. The van der Waals surface area contributed by atoms with Crippen LogP contribution < -0.4 is 5.32 Å².